The molecule has 1 aromatic heterocycles. The van der Waals surface area contributed by atoms with Gasteiger partial charge in [-0.3, -0.25) is 4.90 Å². The monoisotopic (exact) mass is 348 g/mol. The van der Waals surface area contributed by atoms with Gasteiger partial charge in [-0.05, 0) is 46.2 Å². The molecule has 0 radical (unpaired) electrons. The Bertz CT molecular complexity index is 794. The first kappa shape index (κ1) is 16.9. The molecule has 2 heterocycles. The van der Waals surface area contributed by atoms with Crippen molar-refractivity contribution in [3.63, 3.8) is 0 Å². The first-order valence-electron chi connectivity index (χ1n) is 7.99. The molecule has 0 spiro atoms. The predicted molar refractivity (Wildman–Crippen MR) is 93.6 cm³/mol. The van der Waals surface area contributed by atoms with Crippen LogP contribution >= 0.6 is 11.3 Å². The summed E-state index contributed by atoms with van der Waals surface area (Å²) in [4.78, 5) is 18.3. The van der Waals surface area contributed by atoms with Crippen molar-refractivity contribution in [1.82, 2.24) is 9.88 Å². The Morgan fingerprint density at radius 2 is 2.17 bits per heavy atom. The van der Waals surface area contributed by atoms with Crippen LogP contribution in [0.4, 0.5) is 9.18 Å². The summed E-state index contributed by atoms with van der Waals surface area (Å²) in [6, 6.07) is 4.99. The molecule has 2 unspecified atom stereocenters. The normalized spacial score (nSPS) is 21.3. The molecule has 3 rings (SSSR count). The van der Waals surface area contributed by atoms with Gasteiger partial charge in [-0.2, -0.15) is 0 Å². The summed E-state index contributed by atoms with van der Waals surface area (Å²) in [5.74, 6) is -0.214. The van der Waals surface area contributed by atoms with Crippen molar-refractivity contribution in [3.05, 3.63) is 41.3 Å². The highest BCUT2D eigenvalue weighted by Crippen LogP contribution is 2.35. The molecule has 0 fully saturated rings. The Morgan fingerprint density at radius 3 is 2.79 bits per heavy atom. The number of allylic oxidation sites excluding steroid dienone is 1. The lowest BCUT2D eigenvalue weighted by molar-refractivity contribution is 0.0260. The molecular formula is C18H21FN2O2S. The summed E-state index contributed by atoms with van der Waals surface area (Å²) in [5, 5.41) is 0.877. The number of benzene rings is 1. The van der Waals surface area contributed by atoms with E-state index < -0.39 is 5.60 Å². The van der Waals surface area contributed by atoms with Crippen LogP contribution in [0.2, 0.25) is 0 Å². The fourth-order valence-electron chi connectivity index (χ4n) is 2.73. The van der Waals surface area contributed by atoms with Crippen molar-refractivity contribution >= 4 is 27.6 Å². The molecule has 1 aromatic carbocycles. The van der Waals surface area contributed by atoms with E-state index in [2.05, 4.69) is 4.98 Å². The van der Waals surface area contributed by atoms with Crippen LogP contribution < -0.4 is 0 Å². The van der Waals surface area contributed by atoms with Crippen LogP contribution in [0.1, 0.15) is 45.0 Å². The summed E-state index contributed by atoms with van der Waals surface area (Å²) in [5.41, 5.74) is -0.0976. The van der Waals surface area contributed by atoms with Gasteiger partial charge in [0.1, 0.15) is 21.9 Å². The van der Waals surface area contributed by atoms with Gasteiger partial charge < -0.3 is 4.74 Å². The standard InChI is InChI=1S/C18H21FN2O2S/c1-11-10-12(8-9-21(11)17(22)23-18(2,3)4)16-20-15-13(19)6-5-7-14(15)24-16/h5-9,11-12H,10H2,1-4H3. The number of thiazole rings is 1. The highest BCUT2D eigenvalue weighted by Gasteiger charge is 2.30. The Morgan fingerprint density at radius 1 is 1.42 bits per heavy atom. The maximum atomic E-state index is 13.8. The minimum Gasteiger partial charge on any atom is -0.443 e. The number of amides is 1. The zero-order valence-electron chi connectivity index (χ0n) is 14.2. The largest absolute Gasteiger partial charge is 0.443 e. The van der Waals surface area contributed by atoms with Gasteiger partial charge >= 0.3 is 6.09 Å². The lowest BCUT2D eigenvalue weighted by Gasteiger charge is -2.33. The molecule has 24 heavy (non-hydrogen) atoms. The minimum atomic E-state index is -0.522. The first-order chi connectivity index (χ1) is 11.2. The molecule has 0 saturated heterocycles. The predicted octanol–water partition coefficient (Wildman–Crippen LogP) is 5.06. The summed E-state index contributed by atoms with van der Waals surface area (Å²) in [6.45, 7) is 7.53. The third kappa shape index (κ3) is 3.43. The van der Waals surface area contributed by atoms with Crippen LogP contribution in [0.5, 0.6) is 0 Å². The zero-order chi connectivity index (χ0) is 17.5. The maximum Gasteiger partial charge on any atom is 0.414 e. The van der Waals surface area contributed by atoms with E-state index in [1.165, 1.54) is 17.4 Å². The number of para-hydroxylation sites is 1. The van der Waals surface area contributed by atoms with Crippen LogP contribution in [0, 0.1) is 5.82 Å². The Hall–Kier alpha value is -1.95. The van der Waals surface area contributed by atoms with Crippen LogP contribution in [0.15, 0.2) is 30.5 Å². The van der Waals surface area contributed by atoms with Gasteiger partial charge in [-0.25, -0.2) is 14.2 Å². The van der Waals surface area contributed by atoms with Gasteiger partial charge in [0.15, 0.2) is 0 Å². The Kier molecular flexibility index (Phi) is 4.34. The van der Waals surface area contributed by atoms with Crippen molar-refractivity contribution in [3.8, 4) is 0 Å². The number of halogens is 1. The third-order valence-corrected chi connectivity index (χ3v) is 5.01. The first-order valence-corrected chi connectivity index (χ1v) is 8.81. The van der Waals surface area contributed by atoms with Gasteiger partial charge in [-0.1, -0.05) is 12.1 Å². The number of hydrogen-bond donors (Lipinski definition) is 0. The average Bonchev–Trinajstić information content (AvgIpc) is 2.90. The third-order valence-electron chi connectivity index (χ3n) is 3.86. The molecule has 1 amide bonds. The molecule has 1 aliphatic rings. The average molecular weight is 348 g/mol. The number of ether oxygens (including phenoxy) is 1. The summed E-state index contributed by atoms with van der Waals surface area (Å²) < 4.78 is 20.1. The van der Waals surface area contributed by atoms with Crippen molar-refractivity contribution in [2.24, 2.45) is 0 Å². The number of carbonyl (C=O) groups excluding carboxylic acids is 1. The highest BCUT2D eigenvalue weighted by molar-refractivity contribution is 7.18. The molecule has 6 heteroatoms. The van der Waals surface area contributed by atoms with Crippen molar-refractivity contribution in [1.29, 1.82) is 0 Å². The van der Waals surface area contributed by atoms with E-state index in [1.54, 1.807) is 17.2 Å². The molecule has 128 valence electrons. The number of fused-ring (bicyclic) bond motifs is 1. The van der Waals surface area contributed by atoms with Crippen LogP contribution in [-0.2, 0) is 4.74 Å². The number of hydrogen-bond acceptors (Lipinski definition) is 4. The molecule has 0 bridgehead atoms. The van der Waals surface area contributed by atoms with Gasteiger partial charge in [0.2, 0.25) is 0 Å². The van der Waals surface area contributed by atoms with Crippen LogP contribution in [0.3, 0.4) is 0 Å². The second-order valence-electron chi connectivity index (χ2n) is 7.06. The van der Waals surface area contributed by atoms with E-state index in [9.17, 15) is 9.18 Å². The van der Waals surface area contributed by atoms with Crippen LogP contribution in [-0.4, -0.2) is 27.6 Å². The Balaban J connectivity index is 1.81. The quantitative estimate of drug-likeness (QED) is 0.723. The van der Waals surface area contributed by atoms with E-state index >= 15 is 0 Å². The Labute approximate surface area is 144 Å². The van der Waals surface area contributed by atoms with E-state index in [0.29, 0.717) is 5.52 Å². The fourth-order valence-corrected chi connectivity index (χ4v) is 3.81. The van der Waals surface area contributed by atoms with E-state index in [4.69, 9.17) is 4.74 Å². The summed E-state index contributed by atoms with van der Waals surface area (Å²) >= 11 is 1.50. The fraction of sp³-hybridized carbons (Fsp3) is 0.444. The number of nitrogens with zero attached hydrogens (tertiary/aromatic N) is 2. The molecular weight excluding hydrogens is 327 g/mol. The number of carbonyl (C=O) groups is 1. The maximum absolute atomic E-state index is 13.8. The van der Waals surface area contributed by atoms with E-state index in [0.717, 1.165) is 16.1 Å². The highest BCUT2D eigenvalue weighted by atomic mass is 32.1. The topological polar surface area (TPSA) is 42.4 Å². The van der Waals surface area contributed by atoms with Gasteiger partial charge in [0.05, 0.1) is 4.70 Å². The summed E-state index contributed by atoms with van der Waals surface area (Å²) in [6.07, 6.45) is 4.09. The molecule has 0 N–H and O–H groups in total. The number of aromatic nitrogens is 1. The molecule has 0 aliphatic carbocycles. The van der Waals surface area contributed by atoms with Crippen molar-refractivity contribution in [2.75, 3.05) is 0 Å². The van der Waals surface area contributed by atoms with Crippen molar-refractivity contribution < 1.29 is 13.9 Å². The van der Waals surface area contributed by atoms with E-state index in [1.807, 2.05) is 39.8 Å². The smallest absolute Gasteiger partial charge is 0.414 e. The number of rotatable bonds is 1. The lowest BCUT2D eigenvalue weighted by atomic mass is 9.97. The van der Waals surface area contributed by atoms with Crippen LogP contribution in [0.25, 0.3) is 10.2 Å². The lowest BCUT2D eigenvalue weighted by Crippen LogP contribution is -2.41. The molecule has 2 aromatic rings. The zero-order valence-corrected chi connectivity index (χ0v) is 15.1. The molecule has 0 saturated carbocycles. The van der Waals surface area contributed by atoms with Gasteiger partial charge in [-0.15, -0.1) is 11.3 Å². The SMILES string of the molecule is CC1CC(c2nc3c(F)cccc3s2)C=CN1C(=O)OC(C)(C)C. The molecule has 4 nitrogen and oxygen atoms in total. The van der Waals surface area contributed by atoms with E-state index in [-0.39, 0.29) is 23.9 Å². The second kappa shape index (κ2) is 6.16. The van der Waals surface area contributed by atoms with Gasteiger partial charge in [0, 0.05) is 18.2 Å². The molecule has 2 atom stereocenters. The summed E-state index contributed by atoms with van der Waals surface area (Å²) in [7, 11) is 0. The van der Waals surface area contributed by atoms with Crippen molar-refractivity contribution in [2.45, 2.75) is 51.7 Å². The molecule has 1 aliphatic heterocycles. The second-order valence-corrected chi connectivity index (χ2v) is 8.12. The van der Waals surface area contributed by atoms with Gasteiger partial charge in [0.25, 0.3) is 0 Å². The minimum absolute atomic E-state index is 0.00768.